The lowest BCUT2D eigenvalue weighted by atomic mass is 9.87. The van der Waals surface area contributed by atoms with Crippen LogP contribution in [-0.2, 0) is 17.8 Å². The van der Waals surface area contributed by atoms with Gasteiger partial charge in [0.15, 0.2) is 0 Å². The number of amides is 2. The smallest absolute Gasteiger partial charge is 0.252 e. The maximum absolute atomic E-state index is 13.5. The van der Waals surface area contributed by atoms with Crippen LogP contribution < -0.4 is 14.8 Å². The van der Waals surface area contributed by atoms with Crippen LogP contribution in [0.25, 0.3) is 0 Å². The van der Waals surface area contributed by atoms with Crippen molar-refractivity contribution >= 4 is 11.8 Å². The molecule has 0 aliphatic carbocycles. The van der Waals surface area contributed by atoms with Crippen LogP contribution in [0.2, 0.25) is 0 Å². The summed E-state index contributed by atoms with van der Waals surface area (Å²) in [5.41, 5.74) is 3.56. The Morgan fingerprint density at radius 3 is 2.90 bits per heavy atom. The molecule has 8 bridgehead atoms. The number of pyridine rings is 1. The van der Waals surface area contributed by atoms with Crippen molar-refractivity contribution in [3.05, 3.63) is 95.8 Å². The fourth-order valence-corrected chi connectivity index (χ4v) is 5.07. The molecule has 0 fully saturated rings. The number of carbonyl (C=O) groups is 2. The number of carbonyl (C=O) groups excluding carboxylic acids is 2. The first kappa shape index (κ1) is 24.6. The first-order chi connectivity index (χ1) is 19.1. The summed E-state index contributed by atoms with van der Waals surface area (Å²) >= 11 is 0. The van der Waals surface area contributed by atoms with Crippen LogP contribution in [0, 0.1) is 0 Å². The highest BCUT2D eigenvalue weighted by Crippen LogP contribution is 2.39. The minimum absolute atomic E-state index is 0.0496. The van der Waals surface area contributed by atoms with E-state index in [4.69, 9.17) is 9.47 Å². The lowest BCUT2D eigenvalue weighted by Crippen LogP contribution is -2.41. The van der Waals surface area contributed by atoms with Gasteiger partial charge in [-0.15, -0.1) is 0 Å². The van der Waals surface area contributed by atoms with Gasteiger partial charge in [0.2, 0.25) is 5.91 Å². The normalized spacial score (nSPS) is 16.9. The van der Waals surface area contributed by atoms with E-state index in [9.17, 15) is 9.59 Å². The van der Waals surface area contributed by atoms with Gasteiger partial charge < -0.3 is 19.7 Å². The zero-order valence-corrected chi connectivity index (χ0v) is 21.3. The molecule has 1 N–H and O–H groups in total. The molecule has 198 valence electrons. The summed E-state index contributed by atoms with van der Waals surface area (Å²) in [6.07, 6.45) is 7.85. The summed E-state index contributed by atoms with van der Waals surface area (Å²) in [5, 5.41) is 7.03. The van der Waals surface area contributed by atoms with E-state index >= 15 is 0 Å². The molecule has 4 aromatic rings. The van der Waals surface area contributed by atoms with Crippen molar-refractivity contribution in [2.45, 2.75) is 31.8 Å². The van der Waals surface area contributed by atoms with E-state index in [0.29, 0.717) is 62.6 Å². The molecule has 0 saturated carbocycles. The van der Waals surface area contributed by atoms with E-state index in [2.05, 4.69) is 20.4 Å². The van der Waals surface area contributed by atoms with Crippen molar-refractivity contribution < 1.29 is 19.1 Å². The highest BCUT2D eigenvalue weighted by molar-refractivity contribution is 5.94. The summed E-state index contributed by atoms with van der Waals surface area (Å²) in [6.45, 7) is 1.94. The van der Waals surface area contributed by atoms with Crippen molar-refractivity contribution in [3.8, 4) is 17.2 Å². The Bertz CT molecular complexity index is 1490. The van der Waals surface area contributed by atoms with Crippen LogP contribution in [0.3, 0.4) is 0 Å². The van der Waals surface area contributed by atoms with Gasteiger partial charge in [-0.3, -0.25) is 19.3 Å². The molecule has 10 heteroatoms. The minimum Gasteiger partial charge on any atom is -0.494 e. The summed E-state index contributed by atoms with van der Waals surface area (Å²) in [5.74, 6) is 1.69. The number of benzene rings is 2. The van der Waals surface area contributed by atoms with Crippen LogP contribution in [0.5, 0.6) is 17.2 Å². The number of hydrogen-bond donors (Lipinski definition) is 1. The molecule has 0 radical (unpaired) electrons. The lowest BCUT2D eigenvalue weighted by molar-refractivity contribution is -0.133. The van der Waals surface area contributed by atoms with E-state index in [1.165, 1.54) is 12.5 Å². The van der Waals surface area contributed by atoms with Crippen molar-refractivity contribution in [3.63, 3.8) is 0 Å². The molecule has 3 aliphatic rings. The van der Waals surface area contributed by atoms with Gasteiger partial charge in [-0.05, 0) is 59.9 Å². The molecule has 2 aromatic carbocycles. The summed E-state index contributed by atoms with van der Waals surface area (Å²) < 4.78 is 13.8. The molecule has 1 unspecified atom stereocenters. The molecule has 2 amide bonds. The van der Waals surface area contributed by atoms with Gasteiger partial charge in [0.25, 0.3) is 5.91 Å². The number of nitrogens with one attached hydrogen (secondary N) is 1. The van der Waals surface area contributed by atoms with E-state index in [1.54, 1.807) is 23.3 Å². The molecular formula is C29H28N6O4. The Balaban J connectivity index is 1.36. The predicted octanol–water partition coefficient (Wildman–Crippen LogP) is 3.54. The van der Waals surface area contributed by atoms with Gasteiger partial charge in [0, 0.05) is 25.7 Å². The molecule has 2 aromatic heterocycles. The Hall–Kier alpha value is -4.73. The Morgan fingerprint density at radius 1 is 1.05 bits per heavy atom. The van der Waals surface area contributed by atoms with Crippen LogP contribution in [0.1, 0.15) is 45.9 Å². The highest BCUT2D eigenvalue weighted by atomic mass is 16.5. The monoisotopic (exact) mass is 524 g/mol. The van der Waals surface area contributed by atoms with Gasteiger partial charge in [0.1, 0.15) is 29.9 Å². The zero-order valence-electron chi connectivity index (χ0n) is 21.3. The number of hydrogen-bond acceptors (Lipinski definition) is 7. The van der Waals surface area contributed by atoms with Crippen molar-refractivity contribution in [2.75, 3.05) is 19.7 Å². The third-order valence-corrected chi connectivity index (χ3v) is 6.94. The molecule has 10 nitrogen and oxygen atoms in total. The second-order valence-electron chi connectivity index (χ2n) is 9.55. The fourth-order valence-electron chi connectivity index (χ4n) is 5.07. The second-order valence-corrected chi connectivity index (χ2v) is 9.55. The number of ether oxygens (including phenoxy) is 2. The first-order valence-corrected chi connectivity index (χ1v) is 13.0. The fraction of sp³-hybridized carbons (Fsp3) is 0.276. The van der Waals surface area contributed by atoms with Crippen LogP contribution in [0.15, 0.2) is 73.6 Å². The van der Waals surface area contributed by atoms with Gasteiger partial charge in [0.05, 0.1) is 31.0 Å². The zero-order chi connectivity index (χ0) is 26.6. The van der Waals surface area contributed by atoms with E-state index in [0.717, 1.165) is 22.4 Å². The molecular weight excluding hydrogens is 496 g/mol. The van der Waals surface area contributed by atoms with Crippen molar-refractivity contribution in [1.29, 1.82) is 0 Å². The average Bonchev–Trinajstić information content (AvgIpc) is 3.49. The molecule has 1 atom stereocenters. The molecule has 39 heavy (non-hydrogen) atoms. The van der Waals surface area contributed by atoms with Crippen molar-refractivity contribution in [1.82, 2.24) is 30.0 Å². The molecule has 3 aliphatic heterocycles. The number of fused-ring (bicyclic) bond motifs is 6. The minimum atomic E-state index is -0.266. The standard InChI is InChI=1S/C29H28N6O4/c36-27(8-10-34-19-31-18-33-34)35-11-7-20-13-24-5-6-26(20)28(35)21-3-1-4-23(14-21)38-12-2-9-32-29(37)22-15-25(39-24)17-30-16-22/h1,3-6,13-19,28H,2,7-12H2,(H,32,37). The summed E-state index contributed by atoms with van der Waals surface area (Å²) in [7, 11) is 0. The Kier molecular flexibility index (Phi) is 6.90. The van der Waals surface area contributed by atoms with E-state index in [1.807, 2.05) is 47.4 Å². The summed E-state index contributed by atoms with van der Waals surface area (Å²) in [4.78, 5) is 36.2. The Morgan fingerprint density at radius 2 is 2.00 bits per heavy atom. The lowest BCUT2D eigenvalue weighted by Gasteiger charge is -2.38. The van der Waals surface area contributed by atoms with Gasteiger partial charge in [-0.1, -0.05) is 18.2 Å². The van der Waals surface area contributed by atoms with E-state index in [-0.39, 0.29) is 17.9 Å². The van der Waals surface area contributed by atoms with Crippen LogP contribution in [-0.4, -0.2) is 56.2 Å². The van der Waals surface area contributed by atoms with Crippen LogP contribution >= 0.6 is 0 Å². The van der Waals surface area contributed by atoms with Gasteiger partial charge in [-0.25, -0.2) is 4.98 Å². The third kappa shape index (κ3) is 5.45. The number of nitrogens with zero attached hydrogens (tertiary/aromatic N) is 5. The van der Waals surface area contributed by atoms with Crippen LogP contribution in [0.4, 0.5) is 0 Å². The number of aryl methyl sites for hydroxylation is 1. The first-order valence-electron chi connectivity index (χ1n) is 13.0. The van der Waals surface area contributed by atoms with Gasteiger partial charge in [-0.2, -0.15) is 5.10 Å². The average molecular weight is 525 g/mol. The largest absolute Gasteiger partial charge is 0.494 e. The SMILES string of the molecule is O=C1NCCCOc2cccc(c2)C2c3ccc(cc3CCN2C(=O)CCn2cncn2)Oc2cncc1c2. The topological polar surface area (TPSA) is 111 Å². The second kappa shape index (κ2) is 10.9. The number of aromatic nitrogens is 4. The number of rotatable bonds is 3. The van der Waals surface area contributed by atoms with Gasteiger partial charge >= 0.3 is 0 Å². The maximum atomic E-state index is 13.5. The molecule has 0 saturated heterocycles. The summed E-state index contributed by atoms with van der Waals surface area (Å²) in [6, 6.07) is 15.2. The highest BCUT2D eigenvalue weighted by Gasteiger charge is 2.32. The molecule has 0 spiro atoms. The Labute approximate surface area is 225 Å². The van der Waals surface area contributed by atoms with E-state index < -0.39 is 0 Å². The molecule has 7 rings (SSSR count). The maximum Gasteiger partial charge on any atom is 0.252 e. The van der Waals surface area contributed by atoms with Crippen molar-refractivity contribution in [2.24, 2.45) is 0 Å². The predicted molar refractivity (Wildman–Crippen MR) is 142 cm³/mol. The molecule has 5 heterocycles. The quantitative estimate of drug-likeness (QED) is 0.436. The third-order valence-electron chi connectivity index (χ3n) is 6.94.